The van der Waals surface area contributed by atoms with Gasteiger partial charge in [0.25, 0.3) is 0 Å². The highest BCUT2D eigenvalue weighted by Gasteiger charge is 1.96. The van der Waals surface area contributed by atoms with Gasteiger partial charge in [0, 0.05) is 11.1 Å². The predicted octanol–water partition coefficient (Wildman–Crippen LogP) is 1.62. The number of rotatable bonds is 1. The van der Waals surface area contributed by atoms with Gasteiger partial charge in [0.05, 0.1) is 0 Å². The van der Waals surface area contributed by atoms with Crippen molar-refractivity contribution in [1.29, 1.82) is 0 Å². The van der Waals surface area contributed by atoms with Gasteiger partial charge in [-0.1, -0.05) is 24.0 Å². The Morgan fingerprint density at radius 2 is 1.93 bits per heavy atom. The molecule has 0 heterocycles. The molecule has 1 atom stereocenters. The maximum absolute atomic E-state index is 10.9. The fourth-order valence-corrected chi connectivity index (χ4v) is 0.976. The molecule has 2 nitrogen and oxygen atoms in total. The first-order valence-corrected chi connectivity index (χ1v) is 4.40. The highest BCUT2D eigenvalue weighted by molar-refractivity contribution is 5.94. The van der Waals surface area contributed by atoms with Gasteiger partial charge in [-0.15, -0.1) is 0 Å². The number of hydrogen-bond donors (Lipinski definition) is 1. The average molecular weight is 188 g/mol. The molecule has 0 aliphatic rings. The number of Topliss-reactive ketones (excluding diaryl/α,β-unsaturated/α-hetero) is 1. The third-order valence-electron chi connectivity index (χ3n) is 1.72. The van der Waals surface area contributed by atoms with Crippen LogP contribution >= 0.6 is 0 Å². The molecule has 0 bridgehead atoms. The van der Waals surface area contributed by atoms with Gasteiger partial charge in [-0.25, -0.2) is 0 Å². The minimum Gasteiger partial charge on any atom is -0.381 e. The van der Waals surface area contributed by atoms with Crippen LogP contribution in [0.15, 0.2) is 24.3 Å². The summed E-state index contributed by atoms with van der Waals surface area (Å²) in [6.07, 6.45) is -0.623. The minimum atomic E-state index is -0.623. The molecule has 0 spiro atoms. The molecule has 1 aromatic carbocycles. The lowest BCUT2D eigenvalue weighted by molar-refractivity contribution is 0.101. The van der Waals surface area contributed by atoms with E-state index in [0.29, 0.717) is 5.56 Å². The molecule has 0 saturated carbocycles. The molecule has 72 valence electrons. The molecule has 0 aliphatic carbocycles. The second kappa shape index (κ2) is 4.59. The monoisotopic (exact) mass is 188 g/mol. The summed E-state index contributed by atoms with van der Waals surface area (Å²) in [6.45, 7) is 3.13. The molecule has 1 aromatic rings. The molecule has 1 rings (SSSR count). The minimum absolute atomic E-state index is 0.0417. The summed E-state index contributed by atoms with van der Waals surface area (Å²) in [5, 5.41) is 8.93. The quantitative estimate of drug-likeness (QED) is 0.537. The number of benzene rings is 1. The first kappa shape index (κ1) is 10.5. The SMILES string of the molecule is CC(=O)c1ccc(C#C[C@@H](C)O)cc1. The van der Waals surface area contributed by atoms with Gasteiger partial charge in [0.2, 0.25) is 0 Å². The second-order valence-electron chi connectivity index (χ2n) is 3.08. The first-order valence-electron chi connectivity index (χ1n) is 4.40. The third kappa shape index (κ3) is 3.04. The number of carbonyl (C=O) groups excluding carboxylic acids is 1. The fraction of sp³-hybridized carbons (Fsp3) is 0.250. The van der Waals surface area contributed by atoms with Crippen molar-refractivity contribution in [2.45, 2.75) is 20.0 Å². The average Bonchev–Trinajstić information content (AvgIpc) is 2.15. The largest absolute Gasteiger partial charge is 0.381 e. The van der Waals surface area contributed by atoms with Crippen LogP contribution in [0, 0.1) is 11.8 Å². The summed E-state index contributed by atoms with van der Waals surface area (Å²) in [5.74, 6) is 5.47. The molecule has 0 aromatic heterocycles. The number of aliphatic hydroxyl groups excluding tert-OH is 1. The van der Waals surface area contributed by atoms with Crippen molar-refractivity contribution in [3.05, 3.63) is 35.4 Å². The van der Waals surface area contributed by atoms with Crippen molar-refractivity contribution in [2.75, 3.05) is 0 Å². The maximum atomic E-state index is 10.9. The van der Waals surface area contributed by atoms with Crippen molar-refractivity contribution in [3.8, 4) is 11.8 Å². The van der Waals surface area contributed by atoms with E-state index < -0.39 is 6.10 Å². The van der Waals surface area contributed by atoms with Gasteiger partial charge in [-0.3, -0.25) is 4.79 Å². The van der Waals surface area contributed by atoms with Gasteiger partial charge >= 0.3 is 0 Å². The Hall–Kier alpha value is -1.59. The van der Waals surface area contributed by atoms with Crippen LogP contribution in [0.3, 0.4) is 0 Å². The Kier molecular flexibility index (Phi) is 3.44. The van der Waals surface area contributed by atoms with Gasteiger partial charge in [-0.2, -0.15) is 0 Å². The molecule has 14 heavy (non-hydrogen) atoms. The molecule has 0 radical (unpaired) electrons. The van der Waals surface area contributed by atoms with Gasteiger partial charge in [0.1, 0.15) is 6.10 Å². The zero-order chi connectivity index (χ0) is 10.6. The fourth-order valence-electron chi connectivity index (χ4n) is 0.976. The molecule has 2 heteroatoms. The number of aliphatic hydroxyl groups is 1. The van der Waals surface area contributed by atoms with Crippen molar-refractivity contribution < 1.29 is 9.90 Å². The van der Waals surface area contributed by atoms with E-state index in [4.69, 9.17) is 5.11 Å². The molecular formula is C12H12O2. The van der Waals surface area contributed by atoms with Gasteiger partial charge < -0.3 is 5.11 Å². The lowest BCUT2D eigenvalue weighted by atomic mass is 10.1. The van der Waals surface area contributed by atoms with E-state index in [1.165, 1.54) is 6.92 Å². The topological polar surface area (TPSA) is 37.3 Å². The Morgan fingerprint density at radius 3 is 2.36 bits per heavy atom. The predicted molar refractivity (Wildman–Crippen MR) is 55.0 cm³/mol. The van der Waals surface area contributed by atoms with Crippen LogP contribution in [0.5, 0.6) is 0 Å². The van der Waals surface area contributed by atoms with E-state index in [1.54, 1.807) is 31.2 Å². The van der Waals surface area contributed by atoms with Gasteiger partial charge in [-0.05, 0) is 26.0 Å². The van der Waals surface area contributed by atoms with E-state index in [1.807, 2.05) is 0 Å². The standard InChI is InChI=1S/C12H12O2/c1-9(13)3-4-11-5-7-12(8-6-11)10(2)14/h5-9,13H,1-2H3/t9-/m1/s1. The van der Waals surface area contributed by atoms with Crippen molar-refractivity contribution in [3.63, 3.8) is 0 Å². The zero-order valence-electron chi connectivity index (χ0n) is 8.24. The smallest absolute Gasteiger partial charge is 0.159 e. The van der Waals surface area contributed by atoms with Crippen molar-refractivity contribution in [2.24, 2.45) is 0 Å². The van der Waals surface area contributed by atoms with Crippen molar-refractivity contribution in [1.82, 2.24) is 0 Å². The van der Waals surface area contributed by atoms with Gasteiger partial charge in [0.15, 0.2) is 5.78 Å². The molecule has 0 aliphatic heterocycles. The zero-order valence-corrected chi connectivity index (χ0v) is 8.24. The van der Waals surface area contributed by atoms with Crippen LogP contribution in [0.1, 0.15) is 29.8 Å². The van der Waals surface area contributed by atoms with Crippen LogP contribution in [-0.2, 0) is 0 Å². The summed E-state index contributed by atoms with van der Waals surface area (Å²) in [4.78, 5) is 10.9. The highest BCUT2D eigenvalue weighted by Crippen LogP contribution is 2.03. The Morgan fingerprint density at radius 1 is 1.36 bits per heavy atom. The van der Waals surface area contributed by atoms with Crippen molar-refractivity contribution >= 4 is 5.78 Å². The van der Waals surface area contributed by atoms with Crippen LogP contribution < -0.4 is 0 Å². The van der Waals surface area contributed by atoms with Crippen LogP contribution in [0.2, 0.25) is 0 Å². The molecule has 0 amide bonds. The molecule has 0 fully saturated rings. The van der Waals surface area contributed by atoms with E-state index in [-0.39, 0.29) is 5.78 Å². The summed E-state index contributed by atoms with van der Waals surface area (Å²) in [6, 6.07) is 7.00. The number of carbonyl (C=O) groups is 1. The maximum Gasteiger partial charge on any atom is 0.159 e. The summed E-state index contributed by atoms with van der Waals surface area (Å²) < 4.78 is 0. The first-order chi connectivity index (χ1) is 6.59. The number of ketones is 1. The Balaban J connectivity index is 2.85. The molecule has 1 N–H and O–H groups in total. The Bertz CT molecular complexity index is 377. The molecule has 0 unspecified atom stereocenters. The molecule has 0 saturated heterocycles. The van der Waals surface area contributed by atoms with E-state index in [9.17, 15) is 4.79 Å². The molecular weight excluding hydrogens is 176 g/mol. The summed E-state index contributed by atoms with van der Waals surface area (Å²) in [7, 11) is 0. The van der Waals surface area contributed by atoms with E-state index in [2.05, 4.69) is 11.8 Å². The normalized spacial score (nSPS) is 11.4. The third-order valence-corrected chi connectivity index (χ3v) is 1.72. The van der Waals surface area contributed by atoms with E-state index in [0.717, 1.165) is 5.56 Å². The van der Waals surface area contributed by atoms with Crippen LogP contribution in [0.25, 0.3) is 0 Å². The highest BCUT2D eigenvalue weighted by atomic mass is 16.3. The second-order valence-corrected chi connectivity index (χ2v) is 3.08. The van der Waals surface area contributed by atoms with Crippen LogP contribution in [-0.4, -0.2) is 17.0 Å². The summed E-state index contributed by atoms with van der Waals surface area (Å²) >= 11 is 0. The lowest BCUT2D eigenvalue weighted by Crippen LogP contribution is -1.93. The lowest BCUT2D eigenvalue weighted by Gasteiger charge is -1.95. The Labute approximate surface area is 83.6 Å². The van der Waals surface area contributed by atoms with E-state index >= 15 is 0 Å². The summed E-state index contributed by atoms with van der Waals surface area (Å²) in [5.41, 5.74) is 1.48. The number of hydrogen-bond acceptors (Lipinski definition) is 2. The van der Waals surface area contributed by atoms with Crippen LogP contribution in [0.4, 0.5) is 0 Å².